The third kappa shape index (κ3) is 2.22. The summed E-state index contributed by atoms with van der Waals surface area (Å²) in [5.41, 5.74) is 0.652. The van der Waals surface area contributed by atoms with E-state index in [2.05, 4.69) is 22.5 Å². The Kier molecular flexibility index (Phi) is 3.30. The van der Waals surface area contributed by atoms with Gasteiger partial charge in [0.2, 0.25) is 0 Å². The molecule has 0 atom stereocenters. The minimum atomic E-state index is -0.0201. The van der Waals surface area contributed by atoms with Gasteiger partial charge in [-0.05, 0) is 24.1 Å². The van der Waals surface area contributed by atoms with E-state index in [0.29, 0.717) is 11.6 Å². The highest BCUT2D eigenvalue weighted by Crippen LogP contribution is 2.28. The Morgan fingerprint density at radius 3 is 2.60 bits per heavy atom. The summed E-state index contributed by atoms with van der Waals surface area (Å²) >= 11 is 0. The molecule has 20 heavy (non-hydrogen) atoms. The number of nitrogens with zero attached hydrogens (tertiary/aromatic N) is 1. The van der Waals surface area contributed by atoms with Crippen LogP contribution in [0, 0.1) is 5.92 Å². The maximum atomic E-state index is 12.4. The lowest BCUT2D eigenvalue weighted by atomic mass is 9.82. The van der Waals surface area contributed by atoms with E-state index in [1.165, 1.54) is 0 Å². The van der Waals surface area contributed by atoms with Crippen molar-refractivity contribution in [3.63, 3.8) is 0 Å². The molecule has 1 heterocycles. The van der Waals surface area contributed by atoms with E-state index in [-0.39, 0.29) is 5.91 Å². The number of benzene rings is 1. The minimum Gasteiger partial charge on any atom is -0.373 e. The van der Waals surface area contributed by atoms with E-state index in [9.17, 15) is 4.79 Å². The Bertz CT molecular complexity index is 647. The first-order valence-corrected chi connectivity index (χ1v) is 7.05. The van der Waals surface area contributed by atoms with Gasteiger partial charge in [0.1, 0.15) is 5.82 Å². The third-order valence-corrected chi connectivity index (χ3v) is 3.99. The molecule has 1 aliphatic carbocycles. The molecule has 0 saturated heterocycles. The predicted molar refractivity (Wildman–Crippen MR) is 80.9 cm³/mol. The van der Waals surface area contributed by atoms with Crippen molar-refractivity contribution in [3.05, 3.63) is 36.0 Å². The van der Waals surface area contributed by atoms with E-state index in [1.807, 2.05) is 31.3 Å². The molecular weight excluding hydrogens is 250 g/mol. The topological polar surface area (TPSA) is 54.0 Å². The van der Waals surface area contributed by atoms with E-state index >= 15 is 0 Å². The molecule has 2 N–H and O–H groups in total. The summed E-state index contributed by atoms with van der Waals surface area (Å²) in [6.07, 6.45) is 3.81. The summed E-state index contributed by atoms with van der Waals surface area (Å²) in [6.45, 7) is 2.21. The number of pyridine rings is 1. The van der Waals surface area contributed by atoms with Gasteiger partial charge >= 0.3 is 0 Å². The Labute approximate surface area is 118 Å². The summed E-state index contributed by atoms with van der Waals surface area (Å²) in [5.74, 6) is 1.50. The molecule has 1 amide bonds. The highest BCUT2D eigenvalue weighted by molar-refractivity contribution is 6.09. The lowest BCUT2D eigenvalue weighted by molar-refractivity contribution is 0.0897. The molecule has 4 nitrogen and oxygen atoms in total. The van der Waals surface area contributed by atoms with Gasteiger partial charge in [0.05, 0.1) is 5.56 Å². The molecule has 0 aliphatic heterocycles. The lowest BCUT2D eigenvalue weighted by Gasteiger charge is -2.33. The quantitative estimate of drug-likeness (QED) is 0.901. The molecule has 1 aromatic carbocycles. The van der Waals surface area contributed by atoms with Crippen LogP contribution in [0.3, 0.4) is 0 Å². The number of hydrogen-bond donors (Lipinski definition) is 2. The molecule has 1 aromatic heterocycles. The van der Waals surface area contributed by atoms with Gasteiger partial charge in [0, 0.05) is 24.7 Å². The van der Waals surface area contributed by atoms with Gasteiger partial charge in [0.25, 0.3) is 5.91 Å². The Hall–Kier alpha value is -2.10. The van der Waals surface area contributed by atoms with Crippen molar-refractivity contribution in [2.24, 2.45) is 5.92 Å². The summed E-state index contributed by atoms with van der Waals surface area (Å²) in [4.78, 5) is 16.7. The van der Waals surface area contributed by atoms with Crippen LogP contribution < -0.4 is 10.6 Å². The normalized spacial score (nSPS) is 21.3. The zero-order valence-corrected chi connectivity index (χ0v) is 11.8. The average molecular weight is 269 g/mol. The fourth-order valence-corrected chi connectivity index (χ4v) is 2.86. The molecule has 3 rings (SSSR count). The molecule has 0 radical (unpaired) electrons. The maximum Gasteiger partial charge on any atom is 0.253 e. The van der Waals surface area contributed by atoms with Crippen LogP contribution in [0.4, 0.5) is 5.82 Å². The van der Waals surface area contributed by atoms with Crippen molar-refractivity contribution in [1.29, 1.82) is 0 Å². The molecule has 2 aromatic rings. The zero-order valence-electron chi connectivity index (χ0n) is 11.8. The molecular formula is C16H19N3O. The number of amides is 1. The number of aromatic nitrogens is 1. The monoisotopic (exact) mass is 269 g/mol. The second-order valence-electron chi connectivity index (χ2n) is 5.56. The SMILES string of the molecule is CNc1ncc(C(=O)NC2CC(C)C2)c2ccccc12. The van der Waals surface area contributed by atoms with Gasteiger partial charge in [-0.3, -0.25) is 4.79 Å². The van der Waals surface area contributed by atoms with Crippen molar-refractivity contribution in [2.75, 3.05) is 12.4 Å². The number of hydrogen-bond acceptors (Lipinski definition) is 3. The van der Waals surface area contributed by atoms with Gasteiger partial charge in [-0.1, -0.05) is 31.2 Å². The zero-order chi connectivity index (χ0) is 14.1. The largest absolute Gasteiger partial charge is 0.373 e. The van der Waals surface area contributed by atoms with Crippen LogP contribution in [-0.4, -0.2) is 24.0 Å². The van der Waals surface area contributed by atoms with Gasteiger partial charge in [-0.15, -0.1) is 0 Å². The molecule has 0 bridgehead atoms. The first kappa shape index (κ1) is 12.9. The van der Waals surface area contributed by atoms with E-state index in [0.717, 1.165) is 35.3 Å². The van der Waals surface area contributed by atoms with Crippen LogP contribution in [0.1, 0.15) is 30.1 Å². The van der Waals surface area contributed by atoms with Crippen LogP contribution >= 0.6 is 0 Å². The summed E-state index contributed by atoms with van der Waals surface area (Å²) in [5, 5.41) is 8.07. The number of carbonyl (C=O) groups excluding carboxylic acids is 1. The highest BCUT2D eigenvalue weighted by Gasteiger charge is 2.27. The van der Waals surface area contributed by atoms with Crippen molar-refractivity contribution in [2.45, 2.75) is 25.8 Å². The molecule has 0 unspecified atom stereocenters. The Balaban J connectivity index is 1.93. The summed E-state index contributed by atoms with van der Waals surface area (Å²) in [7, 11) is 1.84. The Morgan fingerprint density at radius 2 is 1.95 bits per heavy atom. The third-order valence-electron chi connectivity index (χ3n) is 3.99. The van der Waals surface area contributed by atoms with Crippen molar-refractivity contribution in [3.8, 4) is 0 Å². The van der Waals surface area contributed by atoms with Crippen LogP contribution in [0.2, 0.25) is 0 Å². The first-order valence-electron chi connectivity index (χ1n) is 7.05. The van der Waals surface area contributed by atoms with Gasteiger partial charge < -0.3 is 10.6 Å². The molecule has 104 valence electrons. The molecule has 0 spiro atoms. The van der Waals surface area contributed by atoms with Crippen molar-refractivity contribution >= 4 is 22.5 Å². The standard InChI is InChI=1S/C16H19N3O/c1-10-7-11(8-10)19-16(20)14-9-18-15(17-2)13-6-4-3-5-12(13)14/h3-6,9-11H,7-8H2,1-2H3,(H,17,18)(H,19,20). The maximum absolute atomic E-state index is 12.4. The number of carbonyl (C=O) groups is 1. The van der Waals surface area contributed by atoms with Crippen LogP contribution in [-0.2, 0) is 0 Å². The fraction of sp³-hybridized carbons (Fsp3) is 0.375. The van der Waals surface area contributed by atoms with Crippen LogP contribution in [0.5, 0.6) is 0 Å². The predicted octanol–water partition coefficient (Wildman–Crippen LogP) is 2.80. The minimum absolute atomic E-state index is 0.0201. The second kappa shape index (κ2) is 5.12. The van der Waals surface area contributed by atoms with E-state index < -0.39 is 0 Å². The van der Waals surface area contributed by atoms with E-state index in [4.69, 9.17) is 0 Å². The van der Waals surface area contributed by atoms with Crippen molar-refractivity contribution in [1.82, 2.24) is 10.3 Å². The summed E-state index contributed by atoms with van der Waals surface area (Å²) < 4.78 is 0. The molecule has 4 heteroatoms. The fourth-order valence-electron chi connectivity index (χ4n) is 2.86. The highest BCUT2D eigenvalue weighted by atomic mass is 16.1. The smallest absolute Gasteiger partial charge is 0.253 e. The second-order valence-corrected chi connectivity index (χ2v) is 5.56. The van der Waals surface area contributed by atoms with E-state index in [1.54, 1.807) is 6.20 Å². The first-order chi connectivity index (χ1) is 9.69. The van der Waals surface area contributed by atoms with Gasteiger partial charge in [-0.25, -0.2) is 4.98 Å². The Morgan fingerprint density at radius 1 is 1.25 bits per heavy atom. The number of rotatable bonds is 3. The van der Waals surface area contributed by atoms with Crippen molar-refractivity contribution < 1.29 is 4.79 Å². The number of nitrogens with one attached hydrogen (secondary N) is 2. The summed E-state index contributed by atoms with van der Waals surface area (Å²) in [6, 6.07) is 8.18. The molecule has 1 fully saturated rings. The molecule has 1 saturated carbocycles. The lowest BCUT2D eigenvalue weighted by Crippen LogP contribution is -2.43. The van der Waals surface area contributed by atoms with Gasteiger partial charge in [-0.2, -0.15) is 0 Å². The number of fused-ring (bicyclic) bond motifs is 1. The van der Waals surface area contributed by atoms with Crippen LogP contribution in [0.15, 0.2) is 30.5 Å². The average Bonchev–Trinajstić information content (AvgIpc) is 2.44. The molecule has 1 aliphatic rings. The van der Waals surface area contributed by atoms with Crippen LogP contribution in [0.25, 0.3) is 10.8 Å². The van der Waals surface area contributed by atoms with Gasteiger partial charge in [0.15, 0.2) is 0 Å². The number of anilines is 1.